The van der Waals surface area contributed by atoms with Crippen LogP contribution in [0.2, 0.25) is 0 Å². The number of aromatic hydroxyl groups is 1. The SMILES string of the molecule is COC(=O)c1cc(C2COCCN2)ccc1O. The summed E-state index contributed by atoms with van der Waals surface area (Å²) in [6.07, 6.45) is 0. The van der Waals surface area contributed by atoms with E-state index in [0.717, 1.165) is 12.1 Å². The van der Waals surface area contributed by atoms with Crippen LogP contribution in [0.3, 0.4) is 0 Å². The summed E-state index contributed by atoms with van der Waals surface area (Å²) >= 11 is 0. The fraction of sp³-hybridized carbons (Fsp3) is 0.417. The van der Waals surface area contributed by atoms with Crippen LogP contribution < -0.4 is 5.32 Å². The van der Waals surface area contributed by atoms with E-state index in [1.54, 1.807) is 12.1 Å². The number of ether oxygens (including phenoxy) is 2. The van der Waals surface area contributed by atoms with Gasteiger partial charge in [0.1, 0.15) is 11.3 Å². The number of benzene rings is 1. The number of methoxy groups -OCH3 is 1. The number of phenols is 1. The van der Waals surface area contributed by atoms with Crippen molar-refractivity contribution in [3.05, 3.63) is 29.3 Å². The smallest absolute Gasteiger partial charge is 0.341 e. The predicted molar refractivity (Wildman–Crippen MR) is 61.0 cm³/mol. The maximum absolute atomic E-state index is 11.4. The molecule has 17 heavy (non-hydrogen) atoms. The minimum Gasteiger partial charge on any atom is -0.507 e. The van der Waals surface area contributed by atoms with Crippen LogP contribution in [0.4, 0.5) is 0 Å². The summed E-state index contributed by atoms with van der Waals surface area (Å²) in [5.74, 6) is -0.613. The lowest BCUT2D eigenvalue weighted by molar-refractivity contribution is 0.0595. The third-order valence-corrected chi connectivity index (χ3v) is 2.75. The van der Waals surface area contributed by atoms with Crippen molar-refractivity contribution in [3.63, 3.8) is 0 Å². The van der Waals surface area contributed by atoms with Gasteiger partial charge in [-0.15, -0.1) is 0 Å². The molecule has 1 aliphatic heterocycles. The molecule has 0 saturated carbocycles. The molecule has 1 unspecified atom stereocenters. The summed E-state index contributed by atoms with van der Waals surface area (Å²) in [6.45, 7) is 2.03. The van der Waals surface area contributed by atoms with Gasteiger partial charge in [-0.2, -0.15) is 0 Å². The van der Waals surface area contributed by atoms with Gasteiger partial charge in [0.05, 0.1) is 26.4 Å². The largest absolute Gasteiger partial charge is 0.507 e. The number of hydrogen-bond donors (Lipinski definition) is 2. The number of carbonyl (C=O) groups excluding carboxylic acids is 1. The Kier molecular flexibility index (Phi) is 3.61. The van der Waals surface area contributed by atoms with Crippen molar-refractivity contribution in [2.45, 2.75) is 6.04 Å². The molecule has 0 spiro atoms. The highest BCUT2D eigenvalue weighted by molar-refractivity contribution is 5.92. The van der Waals surface area contributed by atoms with Gasteiger partial charge in [0, 0.05) is 6.54 Å². The highest BCUT2D eigenvalue weighted by Crippen LogP contribution is 2.24. The Morgan fingerprint density at radius 1 is 1.59 bits per heavy atom. The van der Waals surface area contributed by atoms with Crippen LogP contribution in [-0.4, -0.2) is 37.9 Å². The van der Waals surface area contributed by atoms with Crippen molar-refractivity contribution in [1.29, 1.82) is 0 Å². The highest BCUT2D eigenvalue weighted by atomic mass is 16.5. The summed E-state index contributed by atoms with van der Waals surface area (Å²) in [7, 11) is 1.29. The zero-order valence-corrected chi connectivity index (χ0v) is 9.60. The van der Waals surface area contributed by atoms with Gasteiger partial charge in [0.2, 0.25) is 0 Å². The molecule has 0 bridgehead atoms. The maximum atomic E-state index is 11.4. The van der Waals surface area contributed by atoms with Gasteiger partial charge in [-0.3, -0.25) is 0 Å². The zero-order valence-electron chi connectivity index (χ0n) is 9.60. The number of nitrogens with one attached hydrogen (secondary N) is 1. The molecule has 2 rings (SSSR count). The van der Waals surface area contributed by atoms with Crippen LogP contribution >= 0.6 is 0 Å². The lowest BCUT2D eigenvalue weighted by atomic mass is 10.0. The van der Waals surface area contributed by atoms with Crippen LogP contribution in [0, 0.1) is 0 Å². The number of esters is 1. The Labute approximate surface area is 99.3 Å². The first-order valence-electron chi connectivity index (χ1n) is 5.44. The summed E-state index contributed by atoms with van der Waals surface area (Å²) in [5, 5.41) is 12.9. The van der Waals surface area contributed by atoms with Crippen LogP contribution in [0.25, 0.3) is 0 Å². The van der Waals surface area contributed by atoms with Crippen LogP contribution in [0.5, 0.6) is 5.75 Å². The Bertz CT molecular complexity index is 413. The first-order valence-corrected chi connectivity index (χ1v) is 5.44. The minimum absolute atomic E-state index is 0.0488. The molecular weight excluding hydrogens is 222 g/mol. The molecule has 5 nitrogen and oxygen atoms in total. The quantitative estimate of drug-likeness (QED) is 0.746. The first kappa shape index (κ1) is 11.9. The third-order valence-electron chi connectivity index (χ3n) is 2.75. The van der Waals surface area contributed by atoms with Crippen molar-refractivity contribution in [2.75, 3.05) is 26.9 Å². The van der Waals surface area contributed by atoms with Crippen LogP contribution in [-0.2, 0) is 9.47 Å². The molecule has 0 radical (unpaired) electrons. The summed E-state index contributed by atoms with van der Waals surface area (Å²) in [6, 6.07) is 4.95. The summed E-state index contributed by atoms with van der Waals surface area (Å²) in [4.78, 5) is 11.4. The van der Waals surface area contributed by atoms with E-state index in [9.17, 15) is 9.90 Å². The second kappa shape index (κ2) is 5.16. The second-order valence-corrected chi connectivity index (χ2v) is 3.85. The van der Waals surface area contributed by atoms with Gasteiger partial charge in [-0.1, -0.05) is 6.07 Å². The van der Waals surface area contributed by atoms with E-state index in [2.05, 4.69) is 10.1 Å². The second-order valence-electron chi connectivity index (χ2n) is 3.85. The third kappa shape index (κ3) is 2.57. The average molecular weight is 237 g/mol. The molecule has 5 heteroatoms. The molecule has 1 heterocycles. The van der Waals surface area contributed by atoms with E-state index in [0.29, 0.717) is 13.2 Å². The normalized spacial score (nSPS) is 19.9. The maximum Gasteiger partial charge on any atom is 0.341 e. The number of rotatable bonds is 2. The molecule has 0 amide bonds. The summed E-state index contributed by atoms with van der Waals surface area (Å²) in [5.41, 5.74) is 1.08. The van der Waals surface area contributed by atoms with Gasteiger partial charge < -0.3 is 19.9 Å². The Morgan fingerprint density at radius 2 is 2.41 bits per heavy atom. The van der Waals surface area contributed by atoms with E-state index in [-0.39, 0.29) is 17.4 Å². The van der Waals surface area contributed by atoms with Crippen LogP contribution in [0.1, 0.15) is 22.0 Å². The van der Waals surface area contributed by atoms with E-state index in [1.807, 2.05) is 0 Å². The van der Waals surface area contributed by atoms with E-state index in [1.165, 1.54) is 13.2 Å². The van der Waals surface area contributed by atoms with Crippen molar-refractivity contribution in [3.8, 4) is 5.75 Å². The number of carbonyl (C=O) groups is 1. The van der Waals surface area contributed by atoms with Crippen molar-refractivity contribution < 1.29 is 19.4 Å². The number of hydrogen-bond acceptors (Lipinski definition) is 5. The molecule has 1 fully saturated rings. The minimum atomic E-state index is -0.541. The molecule has 0 aliphatic carbocycles. The zero-order chi connectivity index (χ0) is 12.3. The molecular formula is C12H15NO4. The molecule has 1 aliphatic rings. The first-order chi connectivity index (χ1) is 8.22. The average Bonchev–Trinajstić information content (AvgIpc) is 2.39. The Balaban J connectivity index is 2.26. The van der Waals surface area contributed by atoms with Crippen molar-refractivity contribution in [2.24, 2.45) is 0 Å². The van der Waals surface area contributed by atoms with Gasteiger partial charge >= 0.3 is 5.97 Å². The van der Waals surface area contributed by atoms with Gasteiger partial charge in [-0.05, 0) is 17.7 Å². The number of morpholine rings is 1. The fourth-order valence-corrected chi connectivity index (χ4v) is 1.82. The van der Waals surface area contributed by atoms with E-state index >= 15 is 0 Å². The molecule has 1 atom stereocenters. The molecule has 2 N–H and O–H groups in total. The lowest BCUT2D eigenvalue weighted by Gasteiger charge is -2.24. The molecule has 92 valence electrons. The van der Waals surface area contributed by atoms with Crippen molar-refractivity contribution in [1.82, 2.24) is 5.32 Å². The number of phenolic OH excluding ortho intramolecular Hbond substituents is 1. The summed E-state index contributed by atoms with van der Waals surface area (Å²) < 4.78 is 9.96. The topological polar surface area (TPSA) is 67.8 Å². The van der Waals surface area contributed by atoms with E-state index in [4.69, 9.17) is 4.74 Å². The lowest BCUT2D eigenvalue weighted by Crippen LogP contribution is -2.34. The molecule has 1 aromatic carbocycles. The molecule has 0 aromatic heterocycles. The van der Waals surface area contributed by atoms with Gasteiger partial charge in [0.25, 0.3) is 0 Å². The van der Waals surface area contributed by atoms with Crippen LogP contribution in [0.15, 0.2) is 18.2 Å². The monoisotopic (exact) mass is 237 g/mol. The fourth-order valence-electron chi connectivity index (χ4n) is 1.82. The van der Waals surface area contributed by atoms with E-state index < -0.39 is 5.97 Å². The standard InChI is InChI=1S/C12H15NO4/c1-16-12(15)9-6-8(2-3-11(9)14)10-7-17-5-4-13-10/h2-3,6,10,13-14H,4-5,7H2,1H3. The predicted octanol–water partition coefficient (Wildman–Crippen LogP) is 0.840. The Hall–Kier alpha value is -1.59. The Morgan fingerprint density at radius 3 is 3.06 bits per heavy atom. The van der Waals surface area contributed by atoms with Crippen molar-refractivity contribution >= 4 is 5.97 Å². The van der Waals surface area contributed by atoms with Gasteiger partial charge in [0.15, 0.2) is 0 Å². The molecule has 1 saturated heterocycles. The molecule has 1 aromatic rings. The van der Waals surface area contributed by atoms with Gasteiger partial charge in [-0.25, -0.2) is 4.79 Å². The highest BCUT2D eigenvalue weighted by Gasteiger charge is 2.19.